The van der Waals surface area contributed by atoms with Crippen molar-refractivity contribution in [2.75, 3.05) is 0 Å². The van der Waals surface area contributed by atoms with E-state index in [1.54, 1.807) is 23.2 Å². The average Bonchev–Trinajstić information content (AvgIpc) is 3.31. The summed E-state index contributed by atoms with van der Waals surface area (Å²) in [6, 6.07) is 7.17. The summed E-state index contributed by atoms with van der Waals surface area (Å²) in [6.45, 7) is 0.397. The minimum atomic E-state index is -0.365. The van der Waals surface area contributed by atoms with Gasteiger partial charge in [0.25, 0.3) is 5.91 Å². The lowest BCUT2D eigenvalue weighted by Crippen LogP contribution is -2.30. The second-order valence-corrected chi connectivity index (χ2v) is 5.23. The van der Waals surface area contributed by atoms with Crippen molar-refractivity contribution in [1.82, 2.24) is 19.9 Å². The van der Waals surface area contributed by atoms with Gasteiger partial charge in [0.15, 0.2) is 12.2 Å². The molecule has 3 heterocycles. The molecule has 112 valence electrons. The van der Waals surface area contributed by atoms with Crippen molar-refractivity contribution in [1.29, 1.82) is 5.26 Å². The van der Waals surface area contributed by atoms with E-state index in [2.05, 4.69) is 21.0 Å². The number of nitrogens with one attached hydrogen (secondary N) is 1. The first-order chi connectivity index (χ1) is 11.3. The van der Waals surface area contributed by atoms with Gasteiger partial charge in [0.05, 0.1) is 30.4 Å². The lowest BCUT2D eigenvalue weighted by molar-refractivity contribution is 0.0698. The Balaban J connectivity index is 1.80. The number of hydrogen-bond donors (Lipinski definition) is 1. The average molecular weight is 305 g/mol. The molecule has 0 spiro atoms. The Morgan fingerprint density at radius 2 is 2.30 bits per heavy atom. The number of nitrogens with zero attached hydrogens (tertiary/aromatic N) is 4. The highest BCUT2D eigenvalue weighted by atomic mass is 16.3. The van der Waals surface area contributed by atoms with Gasteiger partial charge in [-0.1, -0.05) is 6.07 Å². The summed E-state index contributed by atoms with van der Waals surface area (Å²) in [5, 5.41) is 9.07. The zero-order valence-corrected chi connectivity index (χ0v) is 11.9. The molecular formula is C16H11N5O2. The van der Waals surface area contributed by atoms with E-state index in [1.165, 1.54) is 18.9 Å². The number of oxazole rings is 1. The Labute approximate surface area is 131 Å². The van der Waals surface area contributed by atoms with Crippen molar-refractivity contribution in [3.05, 3.63) is 71.5 Å². The second kappa shape index (κ2) is 5.10. The number of hydrogen-bond acceptors (Lipinski definition) is 5. The molecule has 1 atom stereocenters. The maximum Gasteiger partial charge on any atom is 0.273 e. The summed E-state index contributed by atoms with van der Waals surface area (Å²) in [6.07, 6.45) is 5.90. The first-order valence-corrected chi connectivity index (χ1v) is 6.98. The number of aromatic amines is 1. The van der Waals surface area contributed by atoms with Gasteiger partial charge in [0.2, 0.25) is 0 Å². The Morgan fingerprint density at radius 3 is 3.00 bits per heavy atom. The zero-order chi connectivity index (χ0) is 15.8. The summed E-state index contributed by atoms with van der Waals surface area (Å²) in [7, 11) is 0. The fourth-order valence-electron chi connectivity index (χ4n) is 2.91. The van der Waals surface area contributed by atoms with E-state index >= 15 is 0 Å². The Morgan fingerprint density at radius 1 is 1.39 bits per heavy atom. The van der Waals surface area contributed by atoms with Gasteiger partial charge >= 0.3 is 0 Å². The van der Waals surface area contributed by atoms with E-state index in [-0.39, 0.29) is 11.9 Å². The molecule has 0 saturated heterocycles. The molecule has 0 bridgehead atoms. The van der Waals surface area contributed by atoms with Crippen molar-refractivity contribution >= 4 is 5.91 Å². The molecule has 7 heteroatoms. The van der Waals surface area contributed by atoms with Gasteiger partial charge in [-0.25, -0.2) is 9.97 Å². The number of nitriles is 1. The van der Waals surface area contributed by atoms with E-state index in [9.17, 15) is 4.79 Å². The van der Waals surface area contributed by atoms with Crippen LogP contribution in [-0.4, -0.2) is 25.8 Å². The number of H-pyrrole nitrogens is 1. The molecule has 1 aromatic carbocycles. The summed E-state index contributed by atoms with van der Waals surface area (Å²) >= 11 is 0. The van der Waals surface area contributed by atoms with E-state index in [0.717, 1.165) is 11.1 Å². The Kier molecular flexibility index (Phi) is 2.95. The molecule has 0 fully saturated rings. The number of benzene rings is 1. The second-order valence-electron chi connectivity index (χ2n) is 5.23. The SMILES string of the molecule is N#Cc1ccc2c(c1)CN(C(=O)c1cnc[nH]1)C2c1cnco1. The predicted molar refractivity (Wildman–Crippen MR) is 78.0 cm³/mol. The van der Waals surface area contributed by atoms with Crippen molar-refractivity contribution in [2.45, 2.75) is 12.6 Å². The monoisotopic (exact) mass is 305 g/mol. The molecule has 0 saturated carbocycles. The van der Waals surface area contributed by atoms with Crippen molar-refractivity contribution in [2.24, 2.45) is 0 Å². The van der Waals surface area contributed by atoms with Crippen LogP contribution in [0.1, 0.15) is 39.0 Å². The van der Waals surface area contributed by atoms with Gasteiger partial charge in [-0.3, -0.25) is 4.79 Å². The third-order valence-electron chi connectivity index (χ3n) is 3.93. The predicted octanol–water partition coefficient (Wildman–Crippen LogP) is 2.01. The minimum Gasteiger partial charge on any atom is -0.446 e. The molecule has 1 N–H and O–H groups in total. The summed E-state index contributed by atoms with van der Waals surface area (Å²) in [5.41, 5.74) is 2.84. The molecule has 3 aromatic rings. The van der Waals surface area contributed by atoms with E-state index < -0.39 is 0 Å². The standard InChI is InChI=1S/C16H11N5O2/c17-4-10-1-2-12-11(3-10)7-21(15(12)14-6-19-9-23-14)16(22)13-5-18-8-20-13/h1-3,5-6,8-9,15H,7H2,(H,18,20). The van der Waals surface area contributed by atoms with Crippen LogP contribution in [0.3, 0.4) is 0 Å². The Hall–Kier alpha value is -3.40. The zero-order valence-electron chi connectivity index (χ0n) is 11.9. The fraction of sp³-hybridized carbons (Fsp3) is 0.125. The van der Waals surface area contributed by atoms with Crippen LogP contribution in [-0.2, 0) is 6.54 Å². The molecule has 23 heavy (non-hydrogen) atoms. The fourth-order valence-corrected chi connectivity index (χ4v) is 2.91. The molecule has 0 radical (unpaired) electrons. The molecular weight excluding hydrogens is 294 g/mol. The van der Waals surface area contributed by atoms with Crippen LogP contribution in [0.2, 0.25) is 0 Å². The molecule has 7 nitrogen and oxygen atoms in total. The number of aromatic nitrogens is 3. The molecule has 1 amide bonds. The van der Waals surface area contributed by atoms with Gasteiger partial charge in [-0.15, -0.1) is 0 Å². The number of fused-ring (bicyclic) bond motifs is 1. The van der Waals surface area contributed by atoms with Crippen molar-refractivity contribution < 1.29 is 9.21 Å². The topological polar surface area (TPSA) is 98.8 Å². The van der Waals surface area contributed by atoms with Crippen LogP contribution in [0.5, 0.6) is 0 Å². The molecule has 0 aliphatic carbocycles. The van der Waals surface area contributed by atoms with Gasteiger partial charge < -0.3 is 14.3 Å². The third kappa shape index (κ3) is 2.08. The van der Waals surface area contributed by atoms with Crippen LogP contribution in [0.15, 0.2) is 47.7 Å². The number of imidazole rings is 1. The number of carbonyl (C=O) groups excluding carboxylic acids is 1. The maximum atomic E-state index is 12.8. The highest BCUT2D eigenvalue weighted by Gasteiger charge is 2.37. The molecule has 4 rings (SSSR count). The molecule has 2 aromatic heterocycles. The number of rotatable bonds is 2. The van der Waals surface area contributed by atoms with Crippen LogP contribution < -0.4 is 0 Å². The smallest absolute Gasteiger partial charge is 0.273 e. The lowest BCUT2D eigenvalue weighted by atomic mass is 10.0. The molecule has 1 aliphatic rings. The van der Waals surface area contributed by atoms with Gasteiger partial charge in [0.1, 0.15) is 11.7 Å². The molecule has 1 unspecified atom stereocenters. The lowest BCUT2D eigenvalue weighted by Gasteiger charge is -2.22. The molecule has 1 aliphatic heterocycles. The summed E-state index contributed by atoms with van der Waals surface area (Å²) < 4.78 is 5.43. The van der Waals surface area contributed by atoms with Gasteiger partial charge in [-0.05, 0) is 23.3 Å². The minimum absolute atomic E-state index is 0.182. The van der Waals surface area contributed by atoms with Gasteiger partial charge in [-0.2, -0.15) is 5.26 Å². The van der Waals surface area contributed by atoms with Crippen molar-refractivity contribution in [3.8, 4) is 6.07 Å². The first-order valence-electron chi connectivity index (χ1n) is 6.98. The van der Waals surface area contributed by atoms with Crippen molar-refractivity contribution in [3.63, 3.8) is 0 Å². The highest BCUT2D eigenvalue weighted by Crippen LogP contribution is 2.39. The summed E-state index contributed by atoms with van der Waals surface area (Å²) in [4.78, 5) is 25.1. The first kappa shape index (κ1) is 13.3. The summed E-state index contributed by atoms with van der Waals surface area (Å²) in [5.74, 6) is 0.403. The van der Waals surface area contributed by atoms with Crippen LogP contribution >= 0.6 is 0 Å². The van der Waals surface area contributed by atoms with E-state index in [1.807, 2.05) is 6.07 Å². The van der Waals surface area contributed by atoms with E-state index in [4.69, 9.17) is 9.68 Å². The number of carbonyl (C=O) groups is 1. The highest BCUT2D eigenvalue weighted by molar-refractivity contribution is 5.93. The van der Waals surface area contributed by atoms with Gasteiger partial charge in [0, 0.05) is 6.54 Å². The van der Waals surface area contributed by atoms with Crippen LogP contribution in [0.4, 0.5) is 0 Å². The third-order valence-corrected chi connectivity index (χ3v) is 3.93. The maximum absolute atomic E-state index is 12.8. The quantitative estimate of drug-likeness (QED) is 0.781. The van der Waals surface area contributed by atoms with E-state index in [0.29, 0.717) is 23.6 Å². The van der Waals surface area contributed by atoms with Crippen LogP contribution in [0.25, 0.3) is 0 Å². The van der Waals surface area contributed by atoms with Crippen LogP contribution in [0, 0.1) is 11.3 Å². The number of amides is 1. The Bertz CT molecular complexity index is 893. The largest absolute Gasteiger partial charge is 0.446 e. The normalized spacial score (nSPS) is 16.1.